The van der Waals surface area contributed by atoms with Gasteiger partial charge in [0.05, 0.1) is 22.3 Å². The van der Waals surface area contributed by atoms with E-state index < -0.39 is 0 Å². The molecule has 1 amide bonds. The summed E-state index contributed by atoms with van der Waals surface area (Å²) in [6.45, 7) is 2.31. The third-order valence-electron chi connectivity index (χ3n) is 3.09. The van der Waals surface area contributed by atoms with E-state index in [0.717, 1.165) is 25.9 Å². The number of piperidine rings is 1. The molecule has 0 aliphatic carbocycles. The Morgan fingerprint density at radius 3 is 2.26 bits per heavy atom. The van der Waals surface area contributed by atoms with E-state index in [4.69, 9.17) is 34.8 Å². The Hall–Kier alpha value is -0.480. The quantitative estimate of drug-likeness (QED) is 0.910. The van der Waals surface area contributed by atoms with Crippen molar-refractivity contribution >= 4 is 46.4 Å². The number of rotatable bonds is 3. The largest absolute Gasteiger partial charge is 0.322 e. The van der Waals surface area contributed by atoms with Crippen molar-refractivity contribution in [3.05, 3.63) is 27.2 Å². The first kappa shape index (κ1) is 14.9. The number of hydrogen-bond donors (Lipinski definition) is 1. The number of likely N-dealkylation sites (tertiary alicyclic amines) is 1. The average molecular weight is 322 g/mol. The van der Waals surface area contributed by atoms with Crippen LogP contribution in [0.4, 0.5) is 5.69 Å². The molecule has 0 atom stereocenters. The van der Waals surface area contributed by atoms with Gasteiger partial charge < -0.3 is 5.32 Å². The minimum Gasteiger partial charge on any atom is -0.322 e. The van der Waals surface area contributed by atoms with Crippen LogP contribution in [0.15, 0.2) is 12.1 Å². The summed E-state index contributed by atoms with van der Waals surface area (Å²) in [4.78, 5) is 14.1. The van der Waals surface area contributed by atoms with Gasteiger partial charge in [0.2, 0.25) is 5.91 Å². The van der Waals surface area contributed by atoms with Gasteiger partial charge >= 0.3 is 0 Å². The Bertz CT molecular complexity index is 450. The van der Waals surface area contributed by atoms with Crippen molar-refractivity contribution < 1.29 is 4.79 Å². The van der Waals surface area contributed by atoms with Crippen LogP contribution in [0, 0.1) is 0 Å². The van der Waals surface area contributed by atoms with Gasteiger partial charge in [-0.1, -0.05) is 41.2 Å². The Labute approximate surface area is 127 Å². The van der Waals surface area contributed by atoms with Crippen LogP contribution in [-0.4, -0.2) is 30.4 Å². The molecule has 1 heterocycles. The molecule has 104 valence electrons. The lowest BCUT2D eigenvalue weighted by atomic mass is 10.1. The Morgan fingerprint density at radius 1 is 1.11 bits per heavy atom. The maximum Gasteiger partial charge on any atom is 0.238 e. The van der Waals surface area contributed by atoms with Crippen LogP contribution in [0.5, 0.6) is 0 Å². The van der Waals surface area contributed by atoms with Gasteiger partial charge in [-0.15, -0.1) is 0 Å². The molecule has 0 bridgehead atoms. The molecule has 19 heavy (non-hydrogen) atoms. The summed E-state index contributed by atoms with van der Waals surface area (Å²) in [7, 11) is 0. The summed E-state index contributed by atoms with van der Waals surface area (Å²) < 4.78 is 0. The normalized spacial score (nSPS) is 16.4. The summed E-state index contributed by atoms with van der Waals surface area (Å²) >= 11 is 17.9. The molecule has 0 unspecified atom stereocenters. The number of benzene rings is 1. The molecular formula is C13H15Cl3N2O. The minimum absolute atomic E-state index is 0.104. The number of hydrogen-bond acceptors (Lipinski definition) is 2. The summed E-state index contributed by atoms with van der Waals surface area (Å²) in [6.07, 6.45) is 3.54. The molecule has 1 N–H and O–H groups in total. The number of amides is 1. The van der Waals surface area contributed by atoms with E-state index in [0.29, 0.717) is 27.3 Å². The monoisotopic (exact) mass is 320 g/mol. The number of carbonyl (C=O) groups excluding carboxylic acids is 1. The maximum atomic E-state index is 12.0. The highest BCUT2D eigenvalue weighted by atomic mass is 35.5. The Morgan fingerprint density at radius 2 is 1.68 bits per heavy atom. The van der Waals surface area contributed by atoms with E-state index in [2.05, 4.69) is 10.2 Å². The zero-order chi connectivity index (χ0) is 13.8. The van der Waals surface area contributed by atoms with Crippen LogP contribution in [0.25, 0.3) is 0 Å². The van der Waals surface area contributed by atoms with Crippen molar-refractivity contribution in [2.24, 2.45) is 0 Å². The van der Waals surface area contributed by atoms with Crippen molar-refractivity contribution in [2.75, 3.05) is 25.0 Å². The van der Waals surface area contributed by atoms with Gasteiger partial charge in [-0.05, 0) is 38.1 Å². The molecule has 1 aliphatic rings. The van der Waals surface area contributed by atoms with Crippen molar-refractivity contribution in [3.8, 4) is 0 Å². The lowest BCUT2D eigenvalue weighted by molar-refractivity contribution is -0.117. The molecular weight excluding hydrogens is 307 g/mol. The van der Waals surface area contributed by atoms with E-state index in [-0.39, 0.29) is 5.91 Å². The van der Waals surface area contributed by atoms with E-state index in [1.165, 1.54) is 6.42 Å². The summed E-state index contributed by atoms with van der Waals surface area (Å²) in [5.74, 6) is -0.104. The third kappa shape index (κ3) is 4.25. The first-order valence-corrected chi connectivity index (χ1v) is 7.36. The molecule has 1 aromatic carbocycles. The van der Waals surface area contributed by atoms with Crippen molar-refractivity contribution in [1.82, 2.24) is 4.90 Å². The predicted molar refractivity (Wildman–Crippen MR) is 80.4 cm³/mol. The number of carbonyl (C=O) groups is 1. The molecule has 0 saturated carbocycles. The molecule has 1 fully saturated rings. The molecule has 0 radical (unpaired) electrons. The first-order valence-electron chi connectivity index (χ1n) is 6.23. The van der Waals surface area contributed by atoms with Gasteiger partial charge in [0.1, 0.15) is 0 Å². The lowest BCUT2D eigenvalue weighted by Gasteiger charge is -2.25. The van der Waals surface area contributed by atoms with Crippen LogP contribution >= 0.6 is 34.8 Å². The summed E-state index contributed by atoms with van der Waals surface area (Å²) in [6, 6.07) is 3.12. The van der Waals surface area contributed by atoms with Crippen molar-refractivity contribution in [2.45, 2.75) is 19.3 Å². The summed E-state index contributed by atoms with van der Waals surface area (Å²) in [5, 5.41) is 3.90. The number of nitrogens with zero attached hydrogens (tertiary/aromatic N) is 1. The minimum atomic E-state index is -0.104. The van der Waals surface area contributed by atoms with Gasteiger partial charge in [-0.3, -0.25) is 9.69 Å². The van der Waals surface area contributed by atoms with Crippen molar-refractivity contribution in [3.63, 3.8) is 0 Å². The second-order valence-electron chi connectivity index (χ2n) is 4.63. The van der Waals surface area contributed by atoms with E-state index >= 15 is 0 Å². The first-order chi connectivity index (χ1) is 9.06. The SMILES string of the molecule is O=C(CN1CCCCC1)Nc1c(Cl)cc(Cl)cc1Cl. The second-order valence-corrected chi connectivity index (χ2v) is 5.88. The maximum absolute atomic E-state index is 12.0. The molecule has 3 nitrogen and oxygen atoms in total. The molecule has 6 heteroatoms. The molecule has 0 aromatic heterocycles. The van der Waals surface area contributed by atoms with Gasteiger partial charge in [0.25, 0.3) is 0 Å². The molecule has 2 rings (SSSR count). The Balaban J connectivity index is 1.98. The predicted octanol–water partition coefficient (Wildman–Crippen LogP) is 4.07. The smallest absolute Gasteiger partial charge is 0.238 e. The van der Waals surface area contributed by atoms with E-state index in [9.17, 15) is 4.79 Å². The zero-order valence-corrected chi connectivity index (χ0v) is 12.7. The van der Waals surface area contributed by atoms with Crippen LogP contribution < -0.4 is 5.32 Å². The molecule has 0 spiro atoms. The van der Waals surface area contributed by atoms with E-state index in [1.54, 1.807) is 12.1 Å². The van der Waals surface area contributed by atoms with Gasteiger partial charge in [0, 0.05) is 5.02 Å². The third-order valence-corrected chi connectivity index (χ3v) is 3.90. The van der Waals surface area contributed by atoms with Gasteiger partial charge in [-0.25, -0.2) is 0 Å². The molecule has 1 aliphatic heterocycles. The average Bonchev–Trinajstić information content (AvgIpc) is 2.35. The number of anilines is 1. The number of nitrogens with one attached hydrogen (secondary N) is 1. The van der Waals surface area contributed by atoms with Gasteiger partial charge in [-0.2, -0.15) is 0 Å². The fourth-order valence-electron chi connectivity index (χ4n) is 2.16. The fourth-order valence-corrected chi connectivity index (χ4v) is 3.07. The van der Waals surface area contributed by atoms with E-state index in [1.807, 2.05) is 0 Å². The topological polar surface area (TPSA) is 32.3 Å². The second kappa shape index (κ2) is 6.80. The lowest BCUT2D eigenvalue weighted by Crippen LogP contribution is -2.36. The van der Waals surface area contributed by atoms with Gasteiger partial charge in [0.15, 0.2) is 0 Å². The Kier molecular flexibility index (Phi) is 5.34. The highest BCUT2D eigenvalue weighted by Gasteiger charge is 2.16. The van der Waals surface area contributed by atoms with Crippen LogP contribution in [0.1, 0.15) is 19.3 Å². The highest BCUT2D eigenvalue weighted by Crippen LogP contribution is 2.33. The van der Waals surface area contributed by atoms with Crippen LogP contribution in [-0.2, 0) is 4.79 Å². The summed E-state index contributed by atoms with van der Waals surface area (Å²) in [5.41, 5.74) is 0.426. The number of halogens is 3. The highest BCUT2D eigenvalue weighted by molar-refractivity contribution is 6.42. The fraction of sp³-hybridized carbons (Fsp3) is 0.462. The standard InChI is InChI=1S/C13H15Cl3N2O/c14-9-6-10(15)13(11(16)7-9)17-12(19)8-18-4-2-1-3-5-18/h6-7H,1-5,8H2,(H,17,19). The van der Waals surface area contributed by atoms with Crippen LogP contribution in [0.3, 0.4) is 0 Å². The van der Waals surface area contributed by atoms with Crippen LogP contribution in [0.2, 0.25) is 15.1 Å². The zero-order valence-electron chi connectivity index (χ0n) is 10.4. The van der Waals surface area contributed by atoms with Crippen molar-refractivity contribution in [1.29, 1.82) is 0 Å². The molecule has 1 aromatic rings. The molecule has 1 saturated heterocycles.